The zero-order valence-electron chi connectivity index (χ0n) is 12.9. The monoisotopic (exact) mass is 361 g/mol. The third-order valence-electron chi connectivity index (χ3n) is 3.50. The molecule has 1 N–H and O–H groups in total. The average molecular weight is 361 g/mol. The number of hydrogen-bond acceptors (Lipinski definition) is 5. The molecule has 0 aliphatic carbocycles. The van der Waals surface area contributed by atoms with Crippen molar-refractivity contribution in [3.63, 3.8) is 0 Å². The van der Waals surface area contributed by atoms with Crippen LogP contribution < -0.4 is 4.72 Å². The van der Waals surface area contributed by atoms with Crippen LogP contribution >= 0.6 is 0 Å². The van der Waals surface area contributed by atoms with E-state index < -0.39 is 26.5 Å². The van der Waals surface area contributed by atoms with Gasteiger partial charge >= 0.3 is 5.69 Å². The summed E-state index contributed by atoms with van der Waals surface area (Å²) in [6.45, 7) is 1.84. The minimum Gasteiger partial charge on any atom is -0.279 e. The SMILES string of the molecule is Cc1cnc2c(S(=O)(=O)Nc3ccc(F)c([N+](=O)[O-])c3)cccc2c1. The van der Waals surface area contributed by atoms with Gasteiger partial charge < -0.3 is 0 Å². The molecule has 9 heteroatoms. The molecule has 0 saturated carbocycles. The second kappa shape index (κ2) is 6.10. The van der Waals surface area contributed by atoms with Crippen molar-refractivity contribution in [3.8, 4) is 0 Å². The maximum Gasteiger partial charge on any atom is 0.306 e. The number of fused-ring (bicyclic) bond motifs is 1. The number of para-hydroxylation sites is 1. The molecule has 0 fully saturated rings. The fraction of sp³-hybridized carbons (Fsp3) is 0.0625. The lowest BCUT2D eigenvalue weighted by Crippen LogP contribution is -2.14. The van der Waals surface area contributed by atoms with Crippen molar-refractivity contribution < 1.29 is 17.7 Å². The number of pyridine rings is 1. The van der Waals surface area contributed by atoms with Crippen LogP contribution in [0.25, 0.3) is 10.9 Å². The van der Waals surface area contributed by atoms with Crippen LogP contribution in [-0.2, 0) is 10.0 Å². The number of hydrogen-bond donors (Lipinski definition) is 1. The number of nitrogens with zero attached hydrogens (tertiary/aromatic N) is 2. The smallest absolute Gasteiger partial charge is 0.279 e. The predicted molar refractivity (Wildman–Crippen MR) is 90.3 cm³/mol. The van der Waals surface area contributed by atoms with Crippen LogP contribution in [0.1, 0.15) is 5.56 Å². The van der Waals surface area contributed by atoms with Crippen molar-refractivity contribution in [2.75, 3.05) is 4.72 Å². The van der Waals surface area contributed by atoms with Gasteiger partial charge in [-0.1, -0.05) is 12.1 Å². The van der Waals surface area contributed by atoms with Gasteiger partial charge in [-0.15, -0.1) is 0 Å². The number of aromatic nitrogens is 1. The highest BCUT2D eigenvalue weighted by molar-refractivity contribution is 7.93. The van der Waals surface area contributed by atoms with Gasteiger partial charge in [0.25, 0.3) is 10.0 Å². The molecule has 0 atom stereocenters. The summed E-state index contributed by atoms with van der Waals surface area (Å²) in [5.41, 5.74) is 0.227. The first-order valence-electron chi connectivity index (χ1n) is 7.10. The van der Waals surface area contributed by atoms with Crippen molar-refractivity contribution in [1.82, 2.24) is 4.98 Å². The number of rotatable bonds is 4. The molecule has 0 saturated heterocycles. The van der Waals surface area contributed by atoms with E-state index in [0.717, 1.165) is 23.8 Å². The van der Waals surface area contributed by atoms with Crippen LogP contribution in [0.5, 0.6) is 0 Å². The lowest BCUT2D eigenvalue weighted by molar-refractivity contribution is -0.387. The molecule has 0 aliphatic rings. The summed E-state index contributed by atoms with van der Waals surface area (Å²) in [4.78, 5) is 14.0. The molecule has 0 amide bonds. The number of halogens is 1. The van der Waals surface area contributed by atoms with Crippen LogP contribution in [0.4, 0.5) is 15.8 Å². The lowest BCUT2D eigenvalue weighted by Gasteiger charge is -2.10. The van der Waals surface area contributed by atoms with Crippen molar-refractivity contribution in [3.05, 3.63) is 70.2 Å². The Morgan fingerprint density at radius 3 is 2.68 bits per heavy atom. The summed E-state index contributed by atoms with van der Waals surface area (Å²) < 4.78 is 40.9. The van der Waals surface area contributed by atoms with E-state index in [1.54, 1.807) is 24.4 Å². The van der Waals surface area contributed by atoms with Crippen LogP contribution in [-0.4, -0.2) is 18.3 Å². The molecule has 3 aromatic rings. The molecule has 25 heavy (non-hydrogen) atoms. The first-order chi connectivity index (χ1) is 11.8. The molecule has 0 aliphatic heterocycles. The lowest BCUT2D eigenvalue weighted by atomic mass is 10.2. The van der Waals surface area contributed by atoms with Gasteiger partial charge in [0, 0.05) is 17.6 Å². The fourth-order valence-electron chi connectivity index (χ4n) is 2.39. The standard InChI is InChI=1S/C16H12FN3O4S/c1-10-7-11-3-2-4-15(16(11)18-9-10)25(23,24)19-12-5-6-13(17)14(8-12)20(21)22/h2-9,19H,1H3. The summed E-state index contributed by atoms with van der Waals surface area (Å²) in [5, 5.41) is 11.4. The summed E-state index contributed by atoms with van der Waals surface area (Å²) in [6, 6.07) is 9.26. The van der Waals surface area contributed by atoms with Crippen LogP contribution in [0.2, 0.25) is 0 Å². The second-order valence-corrected chi connectivity index (χ2v) is 7.02. The van der Waals surface area contributed by atoms with Crippen LogP contribution in [0.3, 0.4) is 0 Å². The van der Waals surface area contributed by atoms with E-state index in [1.165, 1.54) is 6.07 Å². The highest BCUT2D eigenvalue weighted by Gasteiger charge is 2.21. The molecule has 0 unspecified atom stereocenters. The van der Waals surface area contributed by atoms with Crippen LogP contribution in [0.15, 0.2) is 53.6 Å². The molecule has 1 heterocycles. The van der Waals surface area contributed by atoms with Gasteiger partial charge in [-0.2, -0.15) is 4.39 Å². The topological polar surface area (TPSA) is 102 Å². The van der Waals surface area contributed by atoms with Crippen molar-refractivity contribution in [2.24, 2.45) is 0 Å². The number of benzene rings is 2. The first-order valence-corrected chi connectivity index (χ1v) is 8.58. The van der Waals surface area contributed by atoms with E-state index in [9.17, 15) is 22.9 Å². The van der Waals surface area contributed by atoms with Crippen molar-refractivity contribution in [2.45, 2.75) is 11.8 Å². The number of nitro groups is 1. The molecular weight excluding hydrogens is 349 g/mol. The Kier molecular flexibility index (Phi) is 4.09. The predicted octanol–water partition coefficient (Wildman–Crippen LogP) is 3.39. The van der Waals surface area contributed by atoms with Gasteiger partial charge in [-0.3, -0.25) is 19.8 Å². The molecule has 0 radical (unpaired) electrons. The summed E-state index contributed by atoms with van der Waals surface area (Å²) in [6.07, 6.45) is 1.55. The zero-order valence-corrected chi connectivity index (χ0v) is 13.7. The van der Waals surface area contributed by atoms with E-state index in [1.807, 2.05) is 6.92 Å². The number of anilines is 1. The first kappa shape index (κ1) is 16.8. The van der Waals surface area contributed by atoms with Crippen LogP contribution in [0, 0.1) is 22.9 Å². The van der Waals surface area contributed by atoms with E-state index in [4.69, 9.17) is 0 Å². The number of aryl methyl sites for hydroxylation is 1. The Hall–Kier alpha value is -3.07. The Morgan fingerprint density at radius 1 is 1.20 bits per heavy atom. The van der Waals surface area contributed by atoms with E-state index in [-0.39, 0.29) is 16.1 Å². The largest absolute Gasteiger partial charge is 0.306 e. The minimum absolute atomic E-state index is 0.0722. The Bertz CT molecular complexity index is 1100. The van der Waals surface area contributed by atoms with Gasteiger partial charge in [-0.05, 0) is 36.8 Å². The van der Waals surface area contributed by atoms with E-state index in [2.05, 4.69) is 9.71 Å². The molecule has 3 rings (SSSR count). The van der Waals surface area contributed by atoms with E-state index in [0.29, 0.717) is 5.39 Å². The van der Waals surface area contributed by atoms with Gasteiger partial charge in [0.2, 0.25) is 5.82 Å². The van der Waals surface area contributed by atoms with Gasteiger partial charge in [0.1, 0.15) is 4.90 Å². The number of sulfonamides is 1. The Labute approximate surface area is 142 Å². The fourth-order valence-corrected chi connectivity index (χ4v) is 3.62. The third kappa shape index (κ3) is 3.26. The molecule has 1 aromatic heterocycles. The molecule has 0 spiro atoms. The van der Waals surface area contributed by atoms with E-state index >= 15 is 0 Å². The highest BCUT2D eigenvalue weighted by Crippen LogP contribution is 2.26. The number of nitrogens with one attached hydrogen (secondary N) is 1. The van der Waals surface area contributed by atoms with Gasteiger partial charge in [0.05, 0.1) is 16.1 Å². The Morgan fingerprint density at radius 2 is 1.96 bits per heavy atom. The molecular formula is C16H12FN3O4S. The van der Waals surface area contributed by atoms with Gasteiger partial charge in [0.15, 0.2) is 0 Å². The maximum absolute atomic E-state index is 13.4. The number of nitro benzene ring substituents is 1. The average Bonchev–Trinajstić information content (AvgIpc) is 2.55. The quantitative estimate of drug-likeness (QED) is 0.567. The van der Waals surface area contributed by atoms with Crippen molar-refractivity contribution in [1.29, 1.82) is 0 Å². The van der Waals surface area contributed by atoms with Crippen molar-refractivity contribution >= 4 is 32.3 Å². The summed E-state index contributed by atoms with van der Waals surface area (Å²) in [5.74, 6) is -1.05. The maximum atomic E-state index is 13.4. The molecule has 2 aromatic carbocycles. The second-order valence-electron chi connectivity index (χ2n) is 5.37. The zero-order chi connectivity index (χ0) is 18.2. The summed E-state index contributed by atoms with van der Waals surface area (Å²) in [7, 11) is -4.07. The third-order valence-corrected chi connectivity index (χ3v) is 4.91. The highest BCUT2D eigenvalue weighted by atomic mass is 32.2. The molecule has 128 valence electrons. The molecule has 0 bridgehead atoms. The Balaban J connectivity index is 2.06. The molecule has 7 nitrogen and oxygen atoms in total. The minimum atomic E-state index is -4.07. The van der Waals surface area contributed by atoms with Gasteiger partial charge in [-0.25, -0.2) is 8.42 Å². The normalized spacial score (nSPS) is 11.4. The summed E-state index contributed by atoms with van der Waals surface area (Å²) >= 11 is 0.